The monoisotopic (exact) mass is 402 g/mol. The number of amides is 1. The number of nitrogens with zero attached hydrogens (tertiary/aromatic N) is 4. The fourth-order valence-corrected chi connectivity index (χ4v) is 2.60. The van der Waals surface area contributed by atoms with E-state index in [1.54, 1.807) is 24.3 Å². The highest BCUT2D eigenvalue weighted by Crippen LogP contribution is 2.20. The number of rotatable bonds is 8. The van der Waals surface area contributed by atoms with Gasteiger partial charge in [-0.25, -0.2) is 9.48 Å². The fraction of sp³-hybridized carbons (Fsp3) is 0.316. The van der Waals surface area contributed by atoms with Crippen LogP contribution in [0.3, 0.4) is 0 Å². The summed E-state index contributed by atoms with van der Waals surface area (Å²) in [6, 6.07) is 11.1. The minimum absolute atomic E-state index is 0.0628. The Morgan fingerprint density at radius 2 is 2.11 bits per heavy atom. The van der Waals surface area contributed by atoms with Gasteiger partial charge in [-0.15, -0.1) is 0 Å². The van der Waals surface area contributed by atoms with Gasteiger partial charge in [0, 0.05) is 29.9 Å². The number of hydrogen-bond acceptors (Lipinski definition) is 6. The summed E-state index contributed by atoms with van der Waals surface area (Å²) in [5.74, 6) is -1.32. The molecular weight excluding hydrogens is 384 g/mol. The van der Waals surface area contributed by atoms with Crippen LogP contribution in [0.1, 0.15) is 30.3 Å². The van der Waals surface area contributed by atoms with Crippen LogP contribution < -0.4 is 10.5 Å². The molecule has 1 amide bonds. The van der Waals surface area contributed by atoms with E-state index in [2.05, 4.69) is 5.10 Å². The summed E-state index contributed by atoms with van der Waals surface area (Å²) < 4.78 is 6.22. The number of anilines is 1. The van der Waals surface area contributed by atoms with Gasteiger partial charge < -0.3 is 9.64 Å². The standard InChI is InChI=1S/C19H19ClN4O4/c1-2-10-24-17(25)8-7-16(22-24)19(27)28-13-18(26)23(11-4-9-21)15-6-3-5-14(20)12-15/h3,5-8,12H,2,4,10-11,13H2,1H3. The molecule has 0 N–H and O–H groups in total. The minimum atomic E-state index is -0.815. The maximum Gasteiger partial charge on any atom is 0.359 e. The summed E-state index contributed by atoms with van der Waals surface area (Å²) in [5, 5.41) is 13.2. The normalized spacial score (nSPS) is 10.2. The first-order chi connectivity index (χ1) is 13.5. The molecule has 0 aliphatic heterocycles. The van der Waals surface area contributed by atoms with E-state index in [0.717, 1.165) is 0 Å². The molecule has 0 saturated heterocycles. The smallest absolute Gasteiger partial charge is 0.359 e. The Hall–Kier alpha value is -3.18. The van der Waals surface area contributed by atoms with Gasteiger partial charge in [-0.05, 0) is 30.7 Å². The van der Waals surface area contributed by atoms with Crippen molar-refractivity contribution in [1.29, 1.82) is 5.26 Å². The van der Waals surface area contributed by atoms with Crippen LogP contribution in [0.25, 0.3) is 0 Å². The largest absolute Gasteiger partial charge is 0.451 e. The van der Waals surface area contributed by atoms with Crippen LogP contribution in [-0.2, 0) is 16.1 Å². The Kier molecular flexibility index (Phi) is 7.72. The van der Waals surface area contributed by atoms with Gasteiger partial charge in [0.1, 0.15) is 0 Å². The molecule has 2 aromatic rings. The van der Waals surface area contributed by atoms with Crippen LogP contribution in [0.15, 0.2) is 41.2 Å². The quantitative estimate of drug-likeness (QED) is 0.628. The van der Waals surface area contributed by atoms with Crippen molar-refractivity contribution in [2.45, 2.75) is 26.3 Å². The Balaban J connectivity index is 2.09. The molecule has 0 unspecified atom stereocenters. The lowest BCUT2D eigenvalue weighted by atomic mass is 10.2. The van der Waals surface area contributed by atoms with Crippen molar-refractivity contribution in [2.24, 2.45) is 0 Å². The van der Waals surface area contributed by atoms with E-state index >= 15 is 0 Å². The Bertz CT molecular complexity index is 951. The van der Waals surface area contributed by atoms with Crippen molar-refractivity contribution < 1.29 is 14.3 Å². The second-order valence-corrected chi connectivity index (χ2v) is 6.23. The van der Waals surface area contributed by atoms with Gasteiger partial charge in [0.05, 0.1) is 12.5 Å². The lowest BCUT2D eigenvalue weighted by Crippen LogP contribution is -2.35. The number of carbonyl (C=O) groups excluding carboxylic acids is 2. The minimum Gasteiger partial charge on any atom is -0.451 e. The van der Waals surface area contributed by atoms with Crippen LogP contribution in [0.2, 0.25) is 5.02 Å². The van der Waals surface area contributed by atoms with Gasteiger partial charge in [0.25, 0.3) is 11.5 Å². The van der Waals surface area contributed by atoms with Gasteiger partial charge in [-0.1, -0.05) is 24.6 Å². The molecule has 2 rings (SSSR count). The van der Waals surface area contributed by atoms with Gasteiger partial charge in [0.15, 0.2) is 12.3 Å². The molecule has 1 heterocycles. The molecule has 0 aliphatic carbocycles. The summed E-state index contributed by atoms with van der Waals surface area (Å²) in [7, 11) is 0. The third-order valence-electron chi connectivity index (χ3n) is 3.71. The number of aryl methyl sites for hydroxylation is 1. The van der Waals surface area contributed by atoms with Crippen LogP contribution in [0.5, 0.6) is 0 Å². The third kappa shape index (κ3) is 5.66. The highest BCUT2D eigenvalue weighted by molar-refractivity contribution is 6.30. The third-order valence-corrected chi connectivity index (χ3v) is 3.94. The molecule has 0 atom stereocenters. The average molecular weight is 403 g/mol. The molecule has 0 spiro atoms. The molecule has 0 bridgehead atoms. The van der Waals surface area contributed by atoms with Gasteiger partial charge in [-0.3, -0.25) is 9.59 Å². The van der Waals surface area contributed by atoms with Gasteiger partial charge in [-0.2, -0.15) is 10.4 Å². The van der Waals surface area contributed by atoms with Crippen molar-refractivity contribution >= 4 is 29.2 Å². The fourth-order valence-electron chi connectivity index (χ4n) is 2.41. The number of ether oxygens (including phenoxy) is 1. The number of benzene rings is 1. The number of esters is 1. The van der Waals surface area contributed by atoms with Gasteiger partial charge in [0.2, 0.25) is 0 Å². The SMILES string of the molecule is CCCn1nc(C(=O)OCC(=O)N(CCC#N)c2cccc(Cl)c2)ccc1=O. The number of nitriles is 1. The summed E-state index contributed by atoms with van der Waals surface area (Å²) in [5.41, 5.74) is 0.115. The molecule has 146 valence electrons. The van der Waals surface area contributed by atoms with Crippen LogP contribution in [0.4, 0.5) is 5.69 Å². The van der Waals surface area contributed by atoms with E-state index in [9.17, 15) is 14.4 Å². The molecule has 28 heavy (non-hydrogen) atoms. The molecule has 0 aliphatic rings. The van der Waals surface area contributed by atoms with E-state index in [-0.39, 0.29) is 24.2 Å². The van der Waals surface area contributed by atoms with Crippen LogP contribution in [-0.4, -0.2) is 34.8 Å². The molecule has 1 aromatic heterocycles. The van der Waals surface area contributed by atoms with Crippen LogP contribution in [0, 0.1) is 11.3 Å². The molecule has 1 aromatic carbocycles. The van der Waals surface area contributed by atoms with Crippen molar-refractivity contribution in [3.63, 3.8) is 0 Å². The maximum absolute atomic E-state index is 12.5. The summed E-state index contributed by atoms with van der Waals surface area (Å²) in [4.78, 5) is 37.7. The number of halogens is 1. The van der Waals surface area contributed by atoms with Gasteiger partial charge >= 0.3 is 5.97 Å². The van der Waals surface area contributed by atoms with Crippen molar-refractivity contribution in [1.82, 2.24) is 9.78 Å². The number of carbonyl (C=O) groups is 2. The maximum atomic E-state index is 12.5. The predicted molar refractivity (Wildman–Crippen MR) is 103 cm³/mol. The van der Waals surface area contributed by atoms with Crippen molar-refractivity contribution in [2.75, 3.05) is 18.1 Å². The predicted octanol–water partition coefficient (Wildman–Crippen LogP) is 2.41. The van der Waals surface area contributed by atoms with E-state index in [4.69, 9.17) is 21.6 Å². The van der Waals surface area contributed by atoms with Crippen molar-refractivity contribution in [3.8, 4) is 6.07 Å². The Morgan fingerprint density at radius 3 is 2.79 bits per heavy atom. The van der Waals surface area contributed by atoms with Crippen molar-refractivity contribution in [3.05, 3.63) is 57.5 Å². The van der Waals surface area contributed by atoms with E-state index in [1.807, 2.05) is 13.0 Å². The zero-order valence-corrected chi connectivity index (χ0v) is 16.1. The Labute approximate surface area is 166 Å². The lowest BCUT2D eigenvalue weighted by Gasteiger charge is -2.21. The van der Waals surface area contributed by atoms with E-state index in [1.165, 1.54) is 21.7 Å². The molecule has 0 fully saturated rings. The average Bonchev–Trinajstić information content (AvgIpc) is 2.68. The summed E-state index contributed by atoms with van der Waals surface area (Å²) >= 11 is 5.96. The highest BCUT2D eigenvalue weighted by Gasteiger charge is 2.19. The van der Waals surface area contributed by atoms with E-state index in [0.29, 0.717) is 23.7 Å². The second-order valence-electron chi connectivity index (χ2n) is 5.79. The first-order valence-corrected chi connectivity index (χ1v) is 9.02. The zero-order chi connectivity index (χ0) is 20.5. The summed E-state index contributed by atoms with van der Waals surface area (Å²) in [6.45, 7) is 1.84. The molecular formula is C19H19ClN4O4. The second kappa shape index (κ2) is 10.2. The number of aromatic nitrogens is 2. The number of hydrogen-bond donors (Lipinski definition) is 0. The zero-order valence-electron chi connectivity index (χ0n) is 15.3. The highest BCUT2D eigenvalue weighted by atomic mass is 35.5. The topological polar surface area (TPSA) is 105 Å². The lowest BCUT2D eigenvalue weighted by molar-refractivity contribution is -0.121. The van der Waals surface area contributed by atoms with E-state index < -0.39 is 18.5 Å². The Morgan fingerprint density at radius 1 is 1.32 bits per heavy atom. The molecule has 0 radical (unpaired) electrons. The molecule has 0 saturated carbocycles. The molecule has 8 nitrogen and oxygen atoms in total. The molecule has 9 heteroatoms. The first-order valence-electron chi connectivity index (χ1n) is 8.64. The summed E-state index contributed by atoms with van der Waals surface area (Å²) in [6.07, 6.45) is 0.785. The first kappa shape index (κ1) is 21.1. The van der Waals surface area contributed by atoms with Crippen LogP contribution >= 0.6 is 11.6 Å².